The van der Waals surface area contributed by atoms with Crippen LogP contribution in [0.2, 0.25) is 0 Å². The lowest BCUT2D eigenvalue weighted by atomic mass is 10.2. The third-order valence-corrected chi connectivity index (χ3v) is 3.60. The number of amides is 1. The lowest BCUT2D eigenvalue weighted by Gasteiger charge is -2.15. The van der Waals surface area contributed by atoms with Crippen LogP contribution in [-0.4, -0.2) is 50.6 Å². The molecule has 1 aliphatic heterocycles. The highest BCUT2D eigenvalue weighted by Gasteiger charge is 2.21. The molecule has 124 valence electrons. The Balaban J connectivity index is 0.00000242. The third kappa shape index (κ3) is 5.83. The molecule has 1 aromatic carbocycles. The van der Waals surface area contributed by atoms with Crippen LogP contribution in [-0.2, 0) is 11.3 Å². The topological polar surface area (TPSA) is 53.6 Å². The Kier molecular flexibility index (Phi) is 8.24. The van der Waals surface area contributed by atoms with E-state index in [4.69, 9.17) is 4.74 Å². The van der Waals surface area contributed by atoms with Gasteiger partial charge in [-0.25, -0.2) is 0 Å². The Morgan fingerprint density at radius 3 is 2.86 bits per heavy atom. The number of benzene rings is 1. The van der Waals surface area contributed by atoms with Crippen LogP contribution in [0.25, 0.3) is 0 Å². The predicted molar refractivity (Wildman–Crippen MR) is 90.6 cm³/mol. The molecule has 22 heavy (non-hydrogen) atoms. The SMILES string of the molecule is CN(C)CCOc1ccccc1CNC(=O)[C@@H]1CCCN1.Cl. The molecule has 0 aromatic heterocycles. The second kappa shape index (κ2) is 9.66. The van der Waals surface area contributed by atoms with Gasteiger partial charge in [0.2, 0.25) is 5.91 Å². The fourth-order valence-corrected chi connectivity index (χ4v) is 2.34. The van der Waals surface area contributed by atoms with Gasteiger partial charge in [-0.1, -0.05) is 18.2 Å². The number of nitrogens with one attached hydrogen (secondary N) is 2. The van der Waals surface area contributed by atoms with Crippen molar-refractivity contribution >= 4 is 18.3 Å². The average Bonchev–Trinajstić information content (AvgIpc) is 3.00. The number of carbonyl (C=O) groups excluding carboxylic acids is 1. The molecule has 1 heterocycles. The lowest BCUT2D eigenvalue weighted by molar-refractivity contribution is -0.122. The van der Waals surface area contributed by atoms with Crippen molar-refractivity contribution in [1.29, 1.82) is 0 Å². The van der Waals surface area contributed by atoms with Crippen LogP contribution in [0.3, 0.4) is 0 Å². The van der Waals surface area contributed by atoms with Crippen LogP contribution >= 0.6 is 12.4 Å². The second-order valence-electron chi connectivity index (χ2n) is 5.63. The Morgan fingerprint density at radius 1 is 1.41 bits per heavy atom. The number of para-hydroxylation sites is 1. The van der Waals surface area contributed by atoms with E-state index in [9.17, 15) is 4.79 Å². The number of carbonyl (C=O) groups is 1. The Labute approximate surface area is 138 Å². The van der Waals surface area contributed by atoms with Crippen molar-refractivity contribution in [3.8, 4) is 5.75 Å². The zero-order valence-electron chi connectivity index (χ0n) is 13.3. The van der Waals surface area contributed by atoms with Crippen molar-refractivity contribution in [2.75, 3.05) is 33.8 Å². The molecule has 1 saturated heterocycles. The molecule has 1 fully saturated rings. The summed E-state index contributed by atoms with van der Waals surface area (Å²) in [4.78, 5) is 14.1. The van der Waals surface area contributed by atoms with Gasteiger partial charge >= 0.3 is 0 Å². The van der Waals surface area contributed by atoms with Gasteiger partial charge in [-0.15, -0.1) is 12.4 Å². The molecule has 5 nitrogen and oxygen atoms in total. The molecule has 1 aromatic rings. The summed E-state index contributed by atoms with van der Waals surface area (Å²) in [6.45, 7) is 2.95. The van der Waals surface area contributed by atoms with Gasteiger partial charge in [0.15, 0.2) is 0 Å². The highest BCUT2D eigenvalue weighted by molar-refractivity contribution is 5.85. The second-order valence-corrected chi connectivity index (χ2v) is 5.63. The minimum absolute atomic E-state index is 0. The monoisotopic (exact) mass is 327 g/mol. The lowest BCUT2D eigenvalue weighted by Crippen LogP contribution is -2.40. The van der Waals surface area contributed by atoms with E-state index in [0.29, 0.717) is 13.2 Å². The Hall–Kier alpha value is -1.30. The third-order valence-electron chi connectivity index (χ3n) is 3.60. The van der Waals surface area contributed by atoms with Gasteiger partial charge in [-0.05, 0) is 39.5 Å². The summed E-state index contributed by atoms with van der Waals surface area (Å²) < 4.78 is 5.80. The van der Waals surface area contributed by atoms with Gasteiger partial charge in [-0.3, -0.25) is 4.79 Å². The van der Waals surface area contributed by atoms with E-state index in [1.165, 1.54) is 0 Å². The summed E-state index contributed by atoms with van der Waals surface area (Å²) in [5.74, 6) is 0.926. The highest BCUT2D eigenvalue weighted by atomic mass is 35.5. The van der Waals surface area contributed by atoms with Crippen LogP contribution in [0.5, 0.6) is 5.75 Å². The molecule has 1 atom stereocenters. The van der Waals surface area contributed by atoms with Crippen molar-refractivity contribution in [3.63, 3.8) is 0 Å². The van der Waals surface area contributed by atoms with Gasteiger partial charge < -0.3 is 20.3 Å². The summed E-state index contributed by atoms with van der Waals surface area (Å²) in [6.07, 6.45) is 2.00. The van der Waals surface area contributed by atoms with Crippen molar-refractivity contribution in [2.24, 2.45) is 0 Å². The van der Waals surface area contributed by atoms with E-state index in [-0.39, 0.29) is 24.4 Å². The van der Waals surface area contributed by atoms with Crippen molar-refractivity contribution in [2.45, 2.75) is 25.4 Å². The molecule has 2 rings (SSSR count). The van der Waals surface area contributed by atoms with Crippen molar-refractivity contribution < 1.29 is 9.53 Å². The molecule has 6 heteroatoms. The van der Waals surface area contributed by atoms with Gasteiger partial charge in [0.05, 0.1) is 6.04 Å². The van der Waals surface area contributed by atoms with E-state index >= 15 is 0 Å². The minimum Gasteiger partial charge on any atom is -0.492 e. The zero-order valence-corrected chi connectivity index (χ0v) is 14.1. The van der Waals surface area contributed by atoms with Crippen molar-refractivity contribution in [3.05, 3.63) is 29.8 Å². The number of hydrogen-bond donors (Lipinski definition) is 2. The maximum absolute atomic E-state index is 12.0. The van der Waals surface area contributed by atoms with E-state index in [1.54, 1.807) is 0 Å². The van der Waals surface area contributed by atoms with E-state index in [2.05, 4.69) is 15.5 Å². The average molecular weight is 328 g/mol. The smallest absolute Gasteiger partial charge is 0.237 e. The molecule has 2 N–H and O–H groups in total. The molecule has 0 aliphatic carbocycles. The quantitative estimate of drug-likeness (QED) is 0.795. The van der Waals surface area contributed by atoms with E-state index < -0.39 is 0 Å². The van der Waals surface area contributed by atoms with Crippen LogP contribution in [0.1, 0.15) is 18.4 Å². The first kappa shape index (κ1) is 18.7. The van der Waals surface area contributed by atoms with Crippen LogP contribution in [0.15, 0.2) is 24.3 Å². The van der Waals surface area contributed by atoms with Crippen LogP contribution in [0, 0.1) is 0 Å². The molecular formula is C16H26ClN3O2. The molecule has 1 aliphatic rings. The summed E-state index contributed by atoms with van der Waals surface area (Å²) in [5, 5.41) is 6.19. The first-order chi connectivity index (χ1) is 10.2. The number of halogens is 1. The number of rotatable bonds is 7. The van der Waals surface area contributed by atoms with Crippen LogP contribution < -0.4 is 15.4 Å². The van der Waals surface area contributed by atoms with Gasteiger partial charge in [0, 0.05) is 18.7 Å². The number of ether oxygens (including phenoxy) is 1. The summed E-state index contributed by atoms with van der Waals surface area (Å²) in [5.41, 5.74) is 1.02. The number of nitrogens with zero attached hydrogens (tertiary/aromatic N) is 1. The minimum atomic E-state index is -0.0354. The molecule has 0 bridgehead atoms. The molecule has 1 amide bonds. The van der Waals surface area contributed by atoms with Gasteiger partial charge in [-0.2, -0.15) is 0 Å². The maximum Gasteiger partial charge on any atom is 0.237 e. The summed E-state index contributed by atoms with van der Waals surface area (Å²) >= 11 is 0. The van der Waals surface area contributed by atoms with Gasteiger partial charge in [0.25, 0.3) is 0 Å². The van der Waals surface area contributed by atoms with E-state index in [0.717, 1.165) is 37.2 Å². The Morgan fingerprint density at radius 2 is 2.18 bits per heavy atom. The summed E-state index contributed by atoms with van der Waals surface area (Å²) in [6, 6.07) is 7.83. The fraction of sp³-hybridized carbons (Fsp3) is 0.562. The molecule has 0 unspecified atom stereocenters. The predicted octanol–water partition coefficient (Wildman–Crippen LogP) is 1.42. The normalized spacial score (nSPS) is 17.1. The molecular weight excluding hydrogens is 302 g/mol. The fourth-order valence-electron chi connectivity index (χ4n) is 2.34. The number of likely N-dealkylation sites (N-methyl/N-ethyl adjacent to an activating group) is 1. The van der Waals surface area contributed by atoms with Gasteiger partial charge in [0.1, 0.15) is 12.4 Å². The maximum atomic E-state index is 12.0. The highest BCUT2D eigenvalue weighted by Crippen LogP contribution is 2.18. The molecule has 0 saturated carbocycles. The molecule has 0 spiro atoms. The first-order valence-electron chi connectivity index (χ1n) is 7.53. The summed E-state index contributed by atoms with van der Waals surface area (Å²) in [7, 11) is 4.04. The van der Waals surface area contributed by atoms with Crippen molar-refractivity contribution in [1.82, 2.24) is 15.5 Å². The molecule has 0 radical (unpaired) electrons. The van der Waals surface area contributed by atoms with Crippen LogP contribution in [0.4, 0.5) is 0 Å². The standard InChI is InChI=1S/C16H25N3O2.ClH/c1-19(2)10-11-21-15-8-4-3-6-13(15)12-18-16(20)14-7-5-9-17-14;/h3-4,6,8,14,17H,5,7,9-12H2,1-2H3,(H,18,20);1H/t14-;/m0./s1. The zero-order chi connectivity index (χ0) is 15.1. The largest absolute Gasteiger partial charge is 0.492 e. The number of hydrogen-bond acceptors (Lipinski definition) is 4. The first-order valence-corrected chi connectivity index (χ1v) is 7.53. The van der Waals surface area contributed by atoms with E-state index in [1.807, 2.05) is 38.4 Å². The Bertz CT molecular complexity index is 462.